The molecule has 2 heterocycles. The van der Waals surface area contributed by atoms with Gasteiger partial charge in [-0.1, -0.05) is 12.1 Å². The summed E-state index contributed by atoms with van der Waals surface area (Å²) in [6, 6.07) is 3.42. The fourth-order valence-corrected chi connectivity index (χ4v) is 3.36. The van der Waals surface area contributed by atoms with Gasteiger partial charge in [0.15, 0.2) is 6.17 Å². The molecule has 5 nitrogen and oxygen atoms in total. The molecule has 0 radical (unpaired) electrons. The maximum Gasteiger partial charge on any atom is 0.337 e. The Morgan fingerprint density at radius 2 is 2.15 bits per heavy atom. The first-order valence-corrected chi connectivity index (χ1v) is 7.97. The number of rotatable bonds is 5. The lowest BCUT2D eigenvalue weighted by atomic mass is 9.78. The number of carbonyl (C=O) groups excluding carboxylic acids is 2. The molecule has 0 aliphatic carbocycles. The van der Waals surface area contributed by atoms with Gasteiger partial charge >= 0.3 is 11.9 Å². The van der Waals surface area contributed by atoms with Gasteiger partial charge in [0.2, 0.25) is 0 Å². The molecule has 1 N–H and O–H groups in total. The standard InChI is InChI=1S/C18H15F4NO4/c1-26-17(24)15-11(6-20)23-12-7-27-18(25)16(12)14(15)8-3-2-4-9(21)13(8)10(22)5-19/h2-4,10,14,23H,5-7H2,1H3/t10-,14+/m0/s1. The third-order valence-electron chi connectivity index (χ3n) is 4.48. The molecule has 0 spiro atoms. The quantitative estimate of drug-likeness (QED) is 0.624. The summed E-state index contributed by atoms with van der Waals surface area (Å²) in [5, 5.41) is 2.61. The number of methoxy groups -OCH3 is 1. The highest BCUT2D eigenvalue weighted by Crippen LogP contribution is 2.44. The van der Waals surface area contributed by atoms with Crippen molar-refractivity contribution in [2.45, 2.75) is 12.1 Å². The van der Waals surface area contributed by atoms with E-state index < -0.39 is 48.8 Å². The van der Waals surface area contributed by atoms with Crippen LogP contribution in [0, 0.1) is 5.82 Å². The van der Waals surface area contributed by atoms with E-state index in [0.717, 1.165) is 13.2 Å². The average Bonchev–Trinajstić information content (AvgIpc) is 3.05. The highest BCUT2D eigenvalue weighted by molar-refractivity contribution is 6.01. The topological polar surface area (TPSA) is 64.6 Å². The van der Waals surface area contributed by atoms with Crippen molar-refractivity contribution in [1.29, 1.82) is 0 Å². The molecule has 27 heavy (non-hydrogen) atoms. The Labute approximate surface area is 151 Å². The summed E-state index contributed by atoms with van der Waals surface area (Å²) >= 11 is 0. The number of alkyl halides is 3. The molecule has 0 saturated heterocycles. The van der Waals surface area contributed by atoms with E-state index >= 15 is 0 Å². The van der Waals surface area contributed by atoms with Gasteiger partial charge in [0.25, 0.3) is 0 Å². The zero-order chi connectivity index (χ0) is 19.7. The van der Waals surface area contributed by atoms with Gasteiger partial charge in [-0.25, -0.2) is 27.2 Å². The Bertz CT molecular complexity index is 865. The van der Waals surface area contributed by atoms with Crippen LogP contribution in [0.15, 0.2) is 40.7 Å². The lowest BCUT2D eigenvalue weighted by molar-refractivity contribution is -0.136. The van der Waals surface area contributed by atoms with Gasteiger partial charge < -0.3 is 14.8 Å². The minimum absolute atomic E-state index is 0.0921. The van der Waals surface area contributed by atoms with Crippen molar-refractivity contribution in [3.8, 4) is 0 Å². The number of ether oxygens (including phenoxy) is 2. The average molecular weight is 385 g/mol. The summed E-state index contributed by atoms with van der Waals surface area (Å²) in [6.45, 7) is -2.85. The van der Waals surface area contributed by atoms with E-state index in [0.29, 0.717) is 0 Å². The molecule has 1 aromatic carbocycles. The molecule has 0 aromatic heterocycles. The van der Waals surface area contributed by atoms with Crippen molar-refractivity contribution < 1.29 is 36.6 Å². The van der Waals surface area contributed by atoms with E-state index in [9.17, 15) is 27.2 Å². The minimum Gasteiger partial charge on any atom is -0.466 e. The number of hydrogen-bond acceptors (Lipinski definition) is 5. The van der Waals surface area contributed by atoms with Gasteiger partial charge in [-0.2, -0.15) is 0 Å². The van der Waals surface area contributed by atoms with Crippen molar-refractivity contribution in [2.24, 2.45) is 0 Å². The molecule has 9 heteroatoms. The summed E-state index contributed by atoms with van der Waals surface area (Å²) in [7, 11) is 1.05. The number of nitrogens with one attached hydrogen (secondary N) is 1. The predicted molar refractivity (Wildman–Crippen MR) is 85.1 cm³/mol. The number of halogens is 4. The number of benzene rings is 1. The molecule has 0 unspecified atom stereocenters. The van der Waals surface area contributed by atoms with Crippen LogP contribution < -0.4 is 5.32 Å². The van der Waals surface area contributed by atoms with Crippen LogP contribution in [-0.4, -0.2) is 39.0 Å². The van der Waals surface area contributed by atoms with E-state index in [1.165, 1.54) is 12.1 Å². The molecule has 1 aromatic rings. The fourth-order valence-electron chi connectivity index (χ4n) is 3.36. The molecule has 0 fully saturated rings. The SMILES string of the molecule is COC(=O)C1=C(CF)NC2=C(C(=O)OC2)[C@@H]1c1cccc(F)c1[C@@H](F)CF. The van der Waals surface area contributed by atoms with E-state index in [2.05, 4.69) is 10.1 Å². The Hall–Kier alpha value is -2.84. The monoisotopic (exact) mass is 385 g/mol. The molecular weight excluding hydrogens is 370 g/mol. The van der Waals surface area contributed by atoms with Crippen molar-refractivity contribution in [3.63, 3.8) is 0 Å². The van der Waals surface area contributed by atoms with Crippen molar-refractivity contribution in [2.75, 3.05) is 27.1 Å². The number of esters is 2. The lowest BCUT2D eigenvalue weighted by Gasteiger charge is -2.29. The van der Waals surface area contributed by atoms with Crippen LogP contribution in [0.5, 0.6) is 0 Å². The first kappa shape index (κ1) is 18.9. The molecule has 2 aliphatic heterocycles. The second-order valence-corrected chi connectivity index (χ2v) is 5.91. The Morgan fingerprint density at radius 3 is 2.78 bits per heavy atom. The highest BCUT2D eigenvalue weighted by atomic mass is 19.2. The van der Waals surface area contributed by atoms with Crippen molar-refractivity contribution in [3.05, 3.63) is 57.7 Å². The summed E-state index contributed by atoms with van der Waals surface area (Å²) in [5.74, 6) is -4.22. The van der Waals surface area contributed by atoms with Crippen LogP contribution in [0.3, 0.4) is 0 Å². The molecule has 0 amide bonds. The van der Waals surface area contributed by atoms with E-state index in [4.69, 9.17) is 4.74 Å². The number of carbonyl (C=O) groups is 2. The fraction of sp³-hybridized carbons (Fsp3) is 0.333. The maximum atomic E-state index is 14.3. The molecule has 2 aliphatic rings. The highest BCUT2D eigenvalue weighted by Gasteiger charge is 2.44. The summed E-state index contributed by atoms with van der Waals surface area (Å²) < 4.78 is 64.7. The van der Waals surface area contributed by atoms with Crippen LogP contribution in [-0.2, 0) is 19.1 Å². The second kappa shape index (κ2) is 7.42. The maximum absolute atomic E-state index is 14.3. The first-order chi connectivity index (χ1) is 12.9. The van der Waals surface area contributed by atoms with Gasteiger partial charge in [0.1, 0.15) is 25.8 Å². The lowest BCUT2D eigenvalue weighted by Crippen LogP contribution is -2.32. The van der Waals surface area contributed by atoms with E-state index in [1.54, 1.807) is 0 Å². The molecule has 144 valence electrons. The number of dihydropyridines is 1. The van der Waals surface area contributed by atoms with Crippen LogP contribution >= 0.6 is 0 Å². The number of cyclic esters (lactones) is 1. The summed E-state index contributed by atoms with van der Waals surface area (Å²) in [6.07, 6.45) is -2.33. The zero-order valence-corrected chi connectivity index (χ0v) is 14.2. The van der Waals surface area contributed by atoms with E-state index in [-0.39, 0.29) is 34.7 Å². The summed E-state index contributed by atoms with van der Waals surface area (Å²) in [4.78, 5) is 24.6. The van der Waals surface area contributed by atoms with E-state index in [1.807, 2.05) is 0 Å². The van der Waals surface area contributed by atoms with Crippen LogP contribution in [0.2, 0.25) is 0 Å². The zero-order valence-electron chi connectivity index (χ0n) is 14.2. The predicted octanol–water partition coefficient (Wildman–Crippen LogP) is 2.70. The largest absolute Gasteiger partial charge is 0.466 e. The van der Waals surface area contributed by atoms with Gasteiger partial charge in [-0.15, -0.1) is 0 Å². The van der Waals surface area contributed by atoms with Crippen LogP contribution in [0.1, 0.15) is 23.2 Å². The molecular formula is C18H15F4NO4. The first-order valence-electron chi connectivity index (χ1n) is 7.97. The molecule has 0 saturated carbocycles. The van der Waals surface area contributed by atoms with Crippen LogP contribution in [0.25, 0.3) is 0 Å². The molecule has 0 bridgehead atoms. The Balaban J connectivity index is 2.30. The van der Waals surface area contributed by atoms with Crippen LogP contribution in [0.4, 0.5) is 17.6 Å². The van der Waals surface area contributed by atoms with Crippen molar-refractivity contribution >= 4 is 11.9 Å². The Morgan fingerprint density at radius 1 is 1.41 bits per heavy atom. The Kier molecular flexibility index (Phi) is 5.20. The summed E-state index contributed by atoms with van der Waals surface area (Å²) in [5.41, 5.74) is -1.26. The molecule has 2 atom stereocenters. The molecule has 3 rings (SSSR count). The van der Waals surface area contributed by atoms with Gasteiger partial charge in [0.05, 0.1) is 35.6 Å². The third-order valence-corrected chi connectivity index (χ3v) is 4.48. The van der Waals surface area contributed by atoms with Gasteiger partial charge in [-0.3, -0.25) is 0 Å². The van der Waals surface area contributed by atoms with Crippen molar-refractivity contribution in [1.82, 2.24) is 5.32 Å². The normalized spacial score (nSPS) is 20.2. The van der Waals surface area contributed by atoms with Gasteiger partial charge in [-0.05, 0) is 11.6 Å². The number of allylic oxidation sites excluding steroid dienone is 1. The number of hydrogen-bond donors (Lipinski definition) is 1. The third kappa shape index (κ3) is 3.07. The smallest absolute Gasteiger partial charge is 0.337 e. The minimum atomic E-state index is -2.33. The van der Waals surface area contributed by atoms with Gasteiger partial charge in [0, 0.05) is 5.56 Å². The second-order valence-electron chi connectivity index (χ2n) is 5.91.